The molecule has 27 heavy (non-hydrogen) atoms. The highest BCUT2D eigenvalue weighted by atomic mass is 32.2. The first-order valence-electron chi connectivity index (χ1n) is 9.06. The molecule has 1 heterocycles. The Balaban J connectivity index is 2.12. The Hall–Kier alpha value is -2.59. The molecule has 4 rings (SSSR count). The summed E-state index contributed by atoms with van der Waals surface area (Å²) < 4.78 is 5.18. The normalized spacial score (nSPS) is 12.7. The molecule has 0 unspecified atom stereocenters. The lowest BCUT2D eigenvalue weighted by Crippen LogP contribution is -2.09. The molecule has 0 amide bonds. The van der Waals surface area contributed by atoms with Crippen LogP contribution >= 0.6 is 11.8 Å². The molecule has 0 fully saturated rings. The number of thioether (sulfide) groups is 1. The summed E-state index contributed by atoms with van der Waals surface area (Å²) >= 11 is 1.57. The van der Waals surface area contributed by atoms with Gasteiger partial charge in [0.1, 0.15) is 0 Å². The van der Waals surface area contributed by atoms with Crippen LogP contribution in [-0.4, -0.2) is 24.3 Å². The Morgan fingerprint density at radius 2 is 1.89 bits per heavy atom. The van der Waals surface area contributed by atoms with Crippen LogP contribution in [0.4, 0.5) is 0 Å². The van der Waals surface area contributed by atoms with Crippen molar-refractivity contribution in [3.8, 4) is 22.4 Å². The van der Waals surface area contributed by atoms with Gasteiger partial charge in [0.2, 0.25) is 0 Å². The summed E-state index contributed by atoms with van der Waals surface area (Å²) in [6.45, 7) is 0. The third kappa shape index (κ3) is 3.15. The first-order valence-corrected chi connectivity index (χ1v) is 10.3. The first-order chi connectivity index (χ1) is 13.2. The van der Waals surface area contributed by atoms with E-state index in [2.05, 4.69) is 29.2 Å². The van der Waals surface area contributed by atoms with Crippen molar-refractivity contribution < 1.29 is 9.53 Å². The number of hydrogen-bond donors (Lipinski definition) is 0. The lowest BCUT2D eigenvalue weighted by Gasteiger charge is -2.20. The van der Waals surface area contributed by atoms with Gasteiger partial charge in [0.05, 0.1) is 18.4 Å². The standard InChI is InChI=1S/C23H21NO2S/c1-26-23(25)22-20(27-2)14-18(19-12-5-6-13-24-19)17-11-7-9-15-8-3-4-10-16(15)21(17)22/h3-6,8,10,12-14H,7,9,11H2,1-2H3. The fourth-order valence-electron chi connectivity index (χ4n) is 3.91. The van der Waals surface area contributed by atoms with Gasteiger partial charge in [-0.1, -0.05) is 30.3 Å². The van der Waals surface area contributed by atoms with Crippen molar-refractivity contribution >= 4 is 17.7 Å². The monoisotopic (exact) mass is 375 g/mol. The Morgan fingerprint density at radius 3 is 2.63 bits per heavy atom. The van der Waals surface area contributed by atoms with Crippen molar-refractivity contribution in [2.24, 2.45) is 0 Å². The van der Waals surface area contributed by atoms with Gasteiger partial charge < -0.3 is 4.74 Å². The maximum Gasteiger partial charge on any atom is 0.339 e. The van der Waals surface area contributed by atoms with Crippen LogP contribution in [-0.2, 0) is 17.6 Å². The average Bonchev–Trinajstić information content (AvgIpc) is 2.92. The van der Waals surface area contributed by atoms with Crippen molar-refractivity contribution in [3.63, 3.8) is 0 Å². The molecule has 0 saturated carbocycles. The molecule has 0 N–H and O–H groups in total. The maximum absolute atomic E-state index is 12.8. The minimum Gasteiger partial charge on any atom is -0.465 e. The van der Waals surface area contributed by atoms with Crippen molar-refractivity contribution in [1.82, 2.24) is 4.98 Å². The van der Waals surface area contributed by atoms with E-state index in [1.54, 1.807) is 11.8 Å². The molecule has 2 aromatic carbocycles. The highest BCUT2D eigenvalue weighted by molar-refractivity contribution is 7.98. The third-order valence-electron chi connectivity index (χ3n) is 5.11. The van der Waals surface area contributed by atoms with Gasteiger partial charge in [-0.25, -0.2) is 4.79 Å². The zero-order chi connectivity index (χ0) is 18.8. The maximum atomic E-state index is 12.8. The summed E-state index contributed by atoms with van der Waals surface area (Å²) in [5.74, 6) is -0.278. The molecule has 0 radical (unpaired) electrons. The summed E-state index contributed by atoms with van der Waals surface area (Å²) in [5, 5.41) is 0. The molecule has 0 saturated heterocycles. The number of aromatic nitrogens is 1. The Morgan fingerprint density at radius 1 is 1.07 bits per heavy atom. The van der Waals surface area contributed by atoms with Crippen LogP contribution < -0.4 is 0 Å². The van der Waals surface area contributed by atoms with Gasteiger partial charge in [0.25, 0.3) is 0 Å². The summed E-state index contributed by atoms with van der Waals surface area (Å²) in [6.07, 6.45) is 6.78. The summed E-state index contributed by atoms with van der Waals surface area (Å²) in [4.78, 5) is 18.3. The summed E-state index contributed by atoms with van der Waals surface area (Å²) in [5.41, 5.74) is 7.36. The van der Waals surface area contributed by atoms with E-state index in [1.165, 1.54) is 18.2 Å². The van der Waals surface area contributed by atoms with E-state index in [1.807, 2.05) is 36.7 Å². The number of nitrogens with zero attached hydrogens (tertiary/aromatic N) is 1. The van der Waals surface area contributed by atoms with E-state index in [-0.39, 0.29) is 5.97 Å². The molecule has 0 aliphatic heterocycles. The van der Waals surface area contributed by atoms with Crippen molar-refractivity contribution in [2.75, 3.05) is 13.4 Å². The number of hydrogen-bond acceptors (Lipinski definition) is 4. The minimum absolute atomic E-state index is 0.278. The van der Waals surface area contributed by atoms with E-state index < -0.39 is 0 Å². The largest absolute Gasteiger partial charge is 0.465 e. The van der Waals surface area contributed by atoms with Crippen LogP contribution in [0.3, 0.4) is 0 Å². The zero-order valence-corrected chi connectivity index (χ0v) is 16.3. The van der Waals surface area contributed by atoms with Crippen LogP contribution in [0, 0.1) is 0 Å². The number of ether oxygens (including phenoxy) is 1. The van der Waals surface area contributed by atoms with E-state index in [0.29, 0.717) is 5.56 Å². The molecule has 3 aromatic rings. The van der Waals surface area contributed by atoms with Crippen molar-refractivity contribution in [1.29, 1.82) is 0 Å². The molecule has 1 aromatic heterocycles. The molecule has 4 heteroatoms. The van der Waals surface area contributed by atoms with Gasteiger partial charge in [-0.15, -0.1) is 11.8 Å². The van der Waals surface area contributed by atoms with Gasteiger partial charge in [-0.05, 0) is 60.4 Å². The molecule has 0 atom stereocenters. The molecule has 136 valence electrons. The van der Waals surface area contributed by atoms with Crippen LogP contribution in [0.2, 0.25) is 0 Å². The van der Waals surface area contributed by atoms with E-state index >= 15 is 0 Å². The summed E-state index contributed by atoms with van der Waals surface area (Å²) in [6, 6.07) is 16.5. The van der Waals surface area contributed by atoms with Crippen LogP contribution in [0.5, 0.6) is 0 Å². The molecular weight excluding hydrogens is 354 g/mol. The van der Waals surface area contributed by atoms with Crippen molar-refractivity contribution in [3.05, 3.63) is 71.4 Å². The molecule has 1 aliphatic rings. The molecule has 0 bridgehead atoms. The number of carbonyl (C=O) groups excluding carboxylic acids is 1. The number of pyridine rings is 1. The van der Waals surface area contributed by atoms with Gasteiger partial charge in [0.15, 0.2) is 0 Å². The Labute approximate surface area is 163 Å². The molecular formula is C23H21NO2S. The second kappa shape index (κ2) is 7.57. The second-order valence-electron chi connectivity index (χ2n) is 6.57. The van der Waals surface area contributed by atoms with Gasteiger partial charge in [-0.3, -0.25) is 4.98 Å². The number of methoxy groups -OCH3 is 1. The number of fused-ring (bicyclic) bond motifs is 3. The Bertz CT molecular complexity index is 999. The van der Waals surface area contributed by atoms with E-state index in [0.717, 1.165) is 46.5 Å². The lowest BCUT2D eigenvalue weighted by atomic mass is 9.88. The fourth-order valence-corrected chi connectivity index (χ4v) is 4.54. The first kappa shape index (κ1) is 17.8. The van der Waals surface area contributed by atoms with Gasteiger partial charge in [-0.2, -0.15) is 0 Å². The van der Waals surface area contributed by atoms with E-state index in [4.69, 9.17) is 4.74 Å². The smallest absolute Gasteiger partial charge is 0.339 e. The van der Waals surface area contributed by atoms with Crippen LogP contribution in [0.1, 0.15) is 27.9 Å². The average molecular weight is 375 g/mol. The lowest BCUT2D eigenvalue weighted by molar-refractivity contribution is 0.0597. The highest BCUT2D eigenvalue weighted by Crippen LogP contribution is 2.43. The number of esters is 1. The van der Waals surface area contributed by atoms with Crippen LogP contribution in [0.25, 0.3) is 22.4 Å². The topological polar surface area (TPSA) is 39.2 Å². The van der Waals surface area contributed by atoms with Gasteiger partial charge in [0, 0.05) is 22.2 Å². The zero-order valence-electron chi connectivity index (χ0n) is 15.5. The van der Waals surface area contributed by atoms with Gasteiger partial charge >= 0.3 is 5.97 Å². The second-order valence-corrected chi connectivity index (χ2v) is 7.42. The predicted octanol–water partition coefficient (Wildman–Crippen LogP) is 5.41. The fraction of sp³-hybridized carbons (Fsp3) is 0.217. The minimum atomic E-state index is -0.278. The van der Waals surface area contributed by atoms with Crippen LogP contribution in [0.15, 0.2) is 59.6 Å². The number of benzene rings is 2. The number of rotatable bonds is 3. The quantitative estimate of drug-likeness (QED) is 0.453. The molecule has 0 spiro atoms. The highest BCUT2D eigenvalue weighted by Gasteiger charge is 2.27. The number of carbonyl (C=O) groups is 1. The molecule has 1 aliphatic carbocycles. The number of aryl methyl sites for hydroxylation is 1. The molecule has 3 nitrogen and oxygen atoms in total. The Kier molecular flexibility index (Phi) is 4.99. The summed E-state index contributed by atoms with van der Waals surface area (Å²) in [7, 11) is 1.45. The SMILES string of the molecule is COC(=O)c1c(SC)cc(-c2ccccn2)c2c1-c1ccccc1CCC2. The predicted molar refractivity (Wildman–Crippen MR) is 110 cm³/mol. The van der Waals surface area contributed by atoms with Crippen molar-refractivity contribution in [2.45, 2.75) is 24.2 Å². The third-order valence-corrected chi connectivity index (χ3v) is 5.87. The van der Waals surface area contributed by atoms with E-state index in [9.17, 15) is 4.79 Å².